The first kappa shape index (κ1) is 14.6. The van der Waals surface area contributed by atoms with Gasteiger partial charge in [0.05, 0.1) is 12.5 Å². The number of halogens is 1. The summed E-state index contributed by atoms with van der Waals surface area (Å²) in [6.07, 6.45) is 0. The van der Waals surface area contributed by atoms with E-state index < -0.39 is 5.41 Å². The molecule has 0 bridgehead atoms. The highest BCUT2D eigenvalue weighted by atomic mass is 19.1. The van der Waals surface area contributed by atoms with Crippen molar-refractivity contribution in [1.82, 2.24) is 5.32 Å². The van der Waals surface area contributed by atoms with Gasteiger partial charge in [-0.25, -0.2) is 4.39 Å². The van der Waals surface area contributed by atoms with E-state index in [1.807, 2.05) is 6.92 Å². The summed E-state index contributed by atoms with van der Waals surface area (Å²) < 4.78 is 18.3. The van der Waals surface area contributed by atoms with Crippen molar-refractivity contribution in [2.75, 3.05) is 13.7 Å². The summed E-state index contributed by atoms with van der Waals surface area (Å²) in [6.45, 7) is 5.88. The molecule has 0 amide bonds. The third-order valence-electron chi connectivity index (χ3n) is 2.96. The Labute approximate surface area is 107 Å². The highest BCUT2D eigenvalue weighted by molar-refractivity contribution is 5.76. The lowest BCUT2D eigenvalue weighted by molar-refractivity contribution is -0.150. The zero-order valence-electron chi connectivity index (χ0n) is 11.3. The highest BCUT2D eigenvalue weighted by Crippen LogP contribution is 2.20. The van der Waals surface area contributed by atoms with E-state index >= 15 is 0 Å². The van der Waals surface area contributed by atoms with Gasteiger partial charge in [-0.1, -0.05) is 18.2 Å². The van der Waals surface area contributed by atoms with Gasteiger partial charge in [0.2, 0.25) is 0 Å². The average molecular weight is 253 g/mol. The Bertz CT molecular complexity index is 418. The lowest BCUT2D eigenvalue weighted by atomic mass is 9.93. The number of methoxy groups -OCH3 is 1. The molecule has 4 heteroatoms. The van der Waals surface area contributed by atoms with Crippen LogP contribution in [0.4, 0.5) is 4.39 Å². The second kappa shape index (κ2) is 5.96. The topological polar surface area (TPSA) is 38.3 Å². The van der Waals surface area contributed by atoms with Gasteiger partial charge in [0.1, 0.15) is 5.82 Å². The largest absolute Gasteiger partial charge is 0.469 e. The number of nitrogens with one attached hydrogen (secondary N) is 1. The summed E-state index contributed by atoms with van der Waals surface area (Å²) in [7, 11) is 1.37. The van der Waals surface area contributed by atoms with Gasteiger partial charge in [-0.2, -0.15) is 0 Å². The third kappa shape index (κ3) is 3.53. The molecule has 100 valence electrons. The van der Waals surface area contributed by atoms with E-state index in [1.165, 1.54) is 13.2 Å². The van der Waals surface area contributed by atoms with Crippen molar-refractivity contribution in [3.8, 4) is 0 Å². The maximum atomic E-state index is 13.6. The number of rotatable bonds is 5. The highest BCUT2D eigenvalue weighted by Gasteiger charge is 2.29. The SMILES string of the molecule is COC(=O)C(C)(C)CNC(C)c1ccccc1F. The molecule has 0 aliphatic heterocycles. The number of carbonyl (C=O) groups excluding carboxylic acids is 1. The maximum absolute atomic E-state index is 13.6. The van der Waals surface area contributed by atoms with Crippen molar-refractivity contribution in [3.63, 3.8) is 0 Å². The van der Waals surface area contributed by atoms with Crippen LogP contribution in [0.3, 0.4) is 0 Å². The van der Waals surface area contributed by atoms with Crippen molar-refractivity contribution in [2.45, 2.75) is 26.8 Å². The van der Waals surface area contributed by atoms with Crippen LogP contribution in [0.1, 0.15) is 32.4 Å². The van der Waals surface area contributed by atoms with Gasteiger partial charge in [0.15, 0.2) is 0 Å². The molecular weight excluding hydrogens is 233 g/mol. The number of carbonyl (C=O) groups is 1. The van der Waals surface area contributed by atoms with Crippen LogP contribution in [0.25, 0.3) is 0 Å². The number of ether oxygens (including phenoxy) is 1. The molecule has 0 heterocycles. The van der Waals surface area contributed by atoms with E-state index in [4.69, 9.17) is 4.74 Å². The van der Waals surface area contributed by atoms with Gasteiger partial charge in [0.25, 0.3) is 0 Å². The zero-order valence-corrected chi connectivity index (χ0v) is 11.3. The third-order valence-corrected chi connectivity index (χ3v) is 2.96. The molecule has 1 unspecified atom stereocenters. The molecular formula is C14H20FNO2. The fraction of sp³-hybridized carbons (Fsp3) is 0.500. The normalized spacial score (nSPS) is 13.2. The molecule has 0 aliphatic rings. The number of esters is 1. The molecule has 1 aromatic rings. The van der Waals surface area contributed by atoms with Crippen LogP contribution in [0.15, 0.2) is 24.3 Å². The predicted molar refractivity (Wildman–Crippen MR) is 68.6 cm³/mol. The van der Waals surface area contributed by atoms with Crippen LogP contribution < -0.4 is 5.32 Å². The molecule has 1 rings (SSSR count). The average Bonchev–Trinajstić information content (AvgIpc) is 2.35. The molecule has 1 atom stereocenters. The van der Waals surface area contributed by atoms with E-state index in [2.05, 4.69) is 5.32 Å². The fourth-order valence-electron chi connectivity index (χ4n) is 1.69. The molecule has 0 radical (unpaired) electrons. The molecule has 0 saturated carbocycles. The van der Waals surface area contributed by atoms with Gasteiger partial charge in [-0.3, -0.25) is 4.79 Å². The van der Waals surface area contributed by atoms with Crippen LogP contribution in [0.2, 0.25) is 0 Å². The molecule has 0 aromatic heterocycles. The Morgan fingerprint density at radius 2 is 2.06 bits per heavy atom. The summed E-state index contributed by atoms with van der Waals surface area (Å²) in [5, 5.41) is 3.15. The predicted octanol–water partition coefficient (Wildman–Crippen LogP) is 2.68. The van der Waals surface area contributed by atoms with Gasteiger partial charge in [0, 0.05) is 18.2 Å². The number of hydrogen-bond donors (Lipinski definition) is 1. The van der Waals surface area contributed by atoms with E-state index in [0.717, 1.165) is 0 Å². The smallest absolute Gasteiger partial charge is 0.312 e. The molecule has 0 spiro atoms. The van der Waals surface area contributed by atoms with Gasteiger partial charge in [-0.15, -0.1) is 0 Å². The summed E-state index contributed by atoms with van der Waals surface area (Å²) in [4.78, 5) is 11.5. The van der Waals surface area contributed by atoms with Crippen LogP contribution in [0.5, 0.6) is 0 Å². The first-order valence-electron chi connectivity index (χ1n) is 5.94. The Hall–Kier alpha value is -1.42. The van der Waals surface area contributed by atoms with Crippen molar-refractivity contribution >= 4 is 5.97 Å². The van der Waals surface area contributed by atoms with Crippen LogP contribution >= 0.6 is 0 Å². The molecule has 0 fully saturated rings. The number of benzene rings is 1. The standard InChI is InChI=1S/C14H20FNO2/c1-10(11-7-5-6-8-12(11)15)16-9-14(2,3)13(17)18-4/h5-8,10,16H,9H2,1-4H3. The first-order chi connectivity index (χ1) is 8.38. The second-order valence-electron chi connectivity index (χ2n) is 5.00. The summed E-state index contributed by atoms with van der Waals surface area (Å²) in [6, 6.07) is 6.46. The maximum Gasteiger partial charge on any atom is 0.312 e. The monoisotopic (exact) mass is 253 g/mol. The molecule has 3 nitrogen and oxygen atoms in total. The van der Waals surface area contributed by atoms with Gasteiger partial charge >= 0.3 is 5.97 Å². The van der Waals surface area contributed by atoms with Gasteiger partial charge < -0.3 is 10.1 Å². The van der Waals surface area contributed by atoms with E-state index in [9.17, 15) is 9.18 Å². The van der Waals surface area contributed by atoms with E-state index in [1.54, 1.807) is 32.0 Å². The minimum atomic E-state index is -0.631. The second-order valence-corrected chi connectivity index (χ2v) is 5.00. The lowest BCUT2D eigenvalue weighted by Crippen LogP contribution is -2.38. The van der Waals surface area contributed by atoms with Crippen molar-refractivity contribution < 1.29 is 13.9 Å². The first-order valence-corrected chi connectivity index (χ1v) is 5.94. The van der Waals surface area contributed by atoms with Gasteiger partial charge in [-0.05, 0) is 26.8 Å². The molecule has 0 aliphatic carbocycles. The summed E-state index contributed by atoms with van der Waals surface area (Å²) in [5.74, 6) is -0.524. The summed E-state index contributed by atoms with van der Waals surface area (Å²) >= 11 is 0. The number of hydrogen-bond acceptors (Lipinski definition) is 3. The van der Waals surface area contributed by atoms with Crippen LogP contribution in [-0.4, -0.2) is 19.6 Å². The minimum Gasteiger partial charge on any atom is -0.469 e. The van der Waals surface area contributed by atoms with Crippen LogP contribution in [-0.2, 0) is 9.53 Å². The molecule has 1 aromatic carbocycles. The zero-order chi connectivity index (χ0) is 13.8. The Morgan fingerprint density at radius 3 is 2.61 bits per heavy atom. The van der Waals surface area contributed by atoms with Crippen LogP contribution in [0, 0.1) is 11.2 Å². The molecule has 0 saturated heterocycles. The van der Waals surface area contributed by atoms with Crippen molar-refractivity contribution in [2.24, 2.45) is 5.41 Å². The molecule has 1 N–H and O–H groups in total. The van der Waals surface area contributed by atoms with E-state index in [-0.39, 0.29) is 17.8 Å². The summed E-state index contributed by atoms with van der Waals surface area (Å²) in [5.41, 5.74) is -0.0352. The quantitative estimate of drug-likeness (QED) is 0.820. The Morgan fingerprint density at radius 1 is 1.44 bits per heavy atom. The van der Waals surface area contributed by atoms with Crippen molar-refractivity contribution in [3.05, 3.63) is 35.6 Å². The Kier molecular flexibility index (Phi) is 4.84. The molecule has 18 heavy (non-hydrogen) atoms. The fourth-order valence-corrected chi connectivity index (χ4v) is 1.69. The lowest BCUT2D eigenvalue weighted by Gasteiger charge is -2.24. The minimum absolute atomic E-state index is 0.157. The van der Waals surface area contributed by atoms with E-state index in [0.29, 0.717) is 12.1 Å². The Balaban J connectivity index is 2.64. The van der Waals surface area contributed by atoms with Crippen molar-refractivity contribution in [1.29, 1.82) is 0 Å².